The Balaban J connectivity index is 1.97. The van der Waals surface area contributed by atoms with Crippen molar-refractivity contribution in [1.82, 2.24) is 5.32 Å². The van der Waals surface area contributed by atoms with Gasteiger partial charge >= 0.3 is 5.97 Å². The van der Waals surface area contributed by atoms with E-state index in [0.29, 0.717) is 19.4 Å². The highest BCUT2D eigenvalue weighted by Crippen LogP contribution is 2.36. The fourth-order valence-electron chi connectivity index (χ4n) is 3.02. The number of rotatable bonds is 3. The van der Waals surface area contributed by atoms with Gasteiger partial charge in [-0.3, -0.25) is 4.79 Å². The number of halogens is 1. The van der Waals surface area contributed by atoms with Gasteiger partial charge in [-0.2, -0.15) is 0 Å². The van der Waals surface area contributed by atoms with Crippen molar-refractivity contribution in [2.45, 2.75) is 31.2 Å². The monoisotopic (exact) mass is 325 g/mol. The Morgan fingerprint density at radius 1 is 1.53 bits per heavy atom. The molecule has 5 heteroatoms. The molecule has 1 atom stereocenters. The molecular formula is C14H16BrNO3. The van der Waals surface area contributed by atoms with Gasteiger partial charge < -0.3 is 15.2 Å². The minimum Gasteiger partial charge on any atom is -0.493 e. The van der Waals surface area contributed by atoms with E-state index in [0.717, 1.165) is 35.2 Å². The van der Waals surface area contributed by atoms with E-state index in [1.165, 1.54) is 5.56 Å². The summed E-state index contributed by atoms with van der Waals surface area (Å²) in [6.45, 7) is 1.45. The van der Waals surface area contributed by atoms with Gasteiger partial charge in [0.25, 0.3) is 0 Å². The van der Waals surface area contributed by atoms with E-state index in [1.54, 1.807) is 0 Å². The minimum atomic E-state index is -0.833. The lowest BCUT2D eigenvalue weighted by atomic mass is 9.88. The summed E-state index contributed by atoms with van der Waals surface area (Å²) < 4.78 is 6.67. The summed E-state index contributed by atoms with van der Waals surface area (Å²) >= 11 is 3.50. The maximum atomic E-state index is 11.6. The predicted octanol–water partition coefficient (Wildman–Crippen LogP) is 2.13. The molecule has 0 radical (unpaired) electrons. The van der Waals surface area contributed by atoms with Gasteiger partial charge in [-0.15, -0.1) is 0 Å². The number of nitrogens with one attached hydrogen (secondary N) is 1. The second-order valence-corrected chi connectivity index (χ2v) is 6.16. The first-order valence-electron chi connectivity index (χ1n) is 6.53. The minimum absolute atomic E-state index is 0.476. The molecule has 2 heterocycles. The first-order chi connectivity index (χ1) is 9.11. The van der Waals surface area contributed by atoms with E-state index in [1.807, 2.05) is 6.07 Å². The Labute approximate surface area is 120 Å². The van der Waals surface area contributed by atoms with Crippen LogP contribution in [-0.2, 0) is 17.6 Å². The number of carboxylic acid groups (broad SMARTS) is 1. The van der Waals surface area contributed by atoms with Crippen LogP contribution in [0.15, 0.2) is 16.6 Å². The second kappa shape index (κ2) is 4.80. The molecule has 1 aromatic carbocycles. The maximum absolute atomic E-state index is 11.6. The number of ether oxygens (including phenoxy) is 1. The maximum Gasteiger partial charge on any atom is 0.324 e. The Bertz CT molecular complexity index is 524. The summed E-state index contributed by atoms with van der Waals surface area (Å²) in [5.74, 6) is 0.120. The summed E-state index contributed by atoms with van der Waals surface area (Å²) in [6.07, 6.45) is 2.95. The Kier molecular flexibility index (Phi) is 3.27. The van der Waals surface area contributed by atoms with Crippen molar-refractivity contribution in [3.8, 4) is 5.75 Å². The van der Waals surface area contributed by atoms with Crippen molar-refractivity contribution in [2.24, 2.45) is 0 Å². The van der Waals surface area contributed by atoms with Gasteiger partial charge in [-0.25, -0.2) is 0 Å². The fraction of sp³-hybridized carbons (Fsp3) is 0.500. The number of hydrogen-bond acceptors (Lipinski definition) is 3. The molecule has 1 saturated heterocycles. The molecule has 0 bridgehead atoms. The van der Waals surface area contributed by atoms with Crippen molar-refractivity contribution < 1.29 is 14.6 Å². The van der Waals surface area contributed by atoms with Crippen LogP contribution in [0.1, 0.15) is 24.0 Å². The van der Waals surface area contributed by atoms with Crippen LogP contribution in [0.3, 0.4) is 0 Å². The van der Waals surface area contributed by atoms with Gasteiger partial charge in [-0.05, 0) is 42.6 Å². The zero-order chi connectivity index (χ0) is 13.5. The molecule has 1 fully saturated rings. The highest BCUT2D eigenvalue weighted by Gasteiger charge is 2.42. The molecule has 0 spiro atoms. The van der Waals surface area contributed by atoms with Crippen molar-refractivity contribution in [2.75, 3.05) is 13.2 Å². The standard InChI is InChI=1S/C14H16BrNO3/c15-11-6-9-2-5-19-12(9)10(7-11)8-14(13(17)18)3-1-4-16-14/h6-7,16H,1-5,8H2,(H,17,18). The lowest BCUT2D eigenvalue weighted by molar-refractivity contribution is -0.144. The van der Waals surface area contributed by atoms with E-state index in [-0.39, 0.29) is 0 Å². The third-order valence-corrected chi connectivity index (χ3v) is 4.43. The van der Waals surface area contributed by atoms with Gasteiger partial charge in [0.2, 0.25) is 0 Å². The molecule has 0 amide bonds. The molecule has 0 aliphatic carbocycles. The highest BCUT2D eigenvalue weighted by molar-refractivity contribution is 9.10. The van der Waals surface area contributed by atoms with Crippen LogP contribution < -0.4 is 10.1 Å². The quantitative estimate of drug-likeness (QED) is 0.893. The number of hydrogen-bond donors (Lipinski definition) is 2. The van der Waals surface area contributed by atoms with E-state index in [9.17, 15) is 9.90 Å². The Hall–Kier alpha value is -1.07. The molecule has 0 aromatic heterocycles. The van der Waals surface area contributed by atoms with Crippen molar-refractivity contribution in [3.05, 3.63) is 27.7 Å². The molecule has 19 heavy (non-hydrogen) atoms. The zero-order valence-corrected chi connectivity index (χ0v) is 12.1. The van der Waals surface area contributed by atoms with Crippen LogP contribution in [0, 0.1) is 0 Å². The summed E-state index contributed by atoms with van der Waals surface area (Å²) in [5, 5.41) is 12.7. The van der Waals surface area contributed by atoms with Crippen LogP contribution in [0.2, 0.25) is 0 Å². The highest BCUT2D eigenvalue weighted by atomic mass is 79.9. The van der Waals surface area contributed by atoms with Crippen molar-refractivity contribution in [3.63, 3.8) is 0 Å². The lowest BCUT2D eigenvalue weighted by Crippen LogP contribution is -2.49. The van der Waals surface area contributed by atoms with Gasteiger partial charge in [-0.1, -0.05) is 15.9 Å². The van der Waals surface area contributed by atoms with E-state index in [2.05, 4.69) is 27.3 Å². The van der Waals surface area contributed by atoms with Crippen LogP contribution >= 0.6 is 15.9 Å². The molecule has 1 aromatic rings. The Morgan fingerprint density at radius 3 is 3.05 bits per heavy atom. The van der Waals surface area contributed by atoms with E-state index in [4.69, 9.17) is 4.74 Å². The third-order valence-electron chi connectivity index (χ3n) is 3.97. The number of fused-ring (bicyclic) bond motifs is 1. The largest absolute Gasteiger partial charge is 0.493 e. The second-order valence-electron chi connectivity index (χ2n) is 5.25. The van der Waals surface area contributed by atoms with Crippen LogP contribution in [0.25, 0.3) is 0 Å². The third kappa shape index (κ3) is 2.25. The smallest absolute Gasteiger partial charge is 0.324 e. The predicted molar refractivity (Wildman–Crippen MR) is 74.6 cm³/mol. The first kappa shape index (κ1) is 12.9. The van der Waals surface area contributed by atoms with Gasteiger partial charge in [0.15, 0.2) is 0 Å². The normalized spacial score (nSPS) is 25.1. The summed E-state index contributed by atoms with van der Waals surface area (Å²) in [4.78, 5) is 11.6. The van der Waals surface area contributed by atoms with Crippen molar-refractivity contribution >= 4 is 21.9 Å². The van der Waals surface area contributed by atoms with Gasteiger partial charge in [0.1, 0.15) is 11.3 Å². The molecule has 3 rings (SSSR count). The molecule has 2 aliphatic rings. The number of carbonyl (C=O) groups is 1. The number of aliphatic carboxylic acids is 1. The number of carboxylic acids is 1. The average Bonchev–Trinajstić information content (AvgIpc) is 2.97. The first-order valence-corrected chi connectivity index (χ1v) is 7.32. The zero-order valence-electron chi connectivity index (χ0n) is 10.5. The van der Waals surface area contributed by atoms with Crippen molar-refractivity contribution in [1.29, 1.82) is 0 Å². The molecule has 0 saturated carbocycles. The Morgan fingerprint density at radius 2 is 2.37 bits per heavy atom. The summed E-state index contributed by atoms with van der Waals surface area (Å²) in [5.41, 5.74) is 1.32. The van der Waals surface area contributed by atoms with Crippen LogP contribution in [0.5, 0.6) is 5.75 Å². The van der Waals surface area contributed by atoms with Gasteiger partial charge in [0, 0.05) is 17.3 Å². The van der Waals surface area contributed by atoms with E-state index < -0.39 is 11.5 Å². The SMILES string of the molecule is O=C(O)C1(Cc2cc(Br)cc3c2OCC3)CCCN1. The molecule has 1 unspecified atom stereocenters. The molecule has 4 nitrogen and oxygen atoms in total. The lowest BCUT2D eigenvalue weighted by Gasteiger charge is -2.25. The summed E-state index contributed by atoms with van der Waals surface area (Å²) in [6, 6.07) is 4.04. The molecule has 102 valence electrons. The van der Waals surface area contributed by atoms with Gasteiger partial charge in [0.05, 0.1) is 6.61 Å². The van der Waals surface area contributed by atoms with Crippen LogP contribution in [-0.4, -0.2) is 29.8 Å². The topological polar surface area (TPSA) is 58.6 Å². The fourth-order valence-corrected chi connectivity index (χ4v) is 3.57. The average molecular weight is 326 g/mol. The molecule has 2 N–H and O–H groups in total. The number of benzene rings is 1. The summed E-state index contributed by atoms with van der Waals surface area (Å²) in [7, 11) is 0. The van der Waals surface area contributed by atoms with E-state index >= 15 is 0 Å². The van der Waals surface area contributed by atoms with Crippen LogP contribution in [0.4, 0.5) is 0 Å². The molecular weight excluding hydrogens is 310 g/mol. The molecule has 2 aliphatic heterocycles.